The lowest BCUT2D eigenvalue weighted by Crippen LogP contribution is -2.53. The Morgan fingerprint density at radius 1 is 1.06 bits per heavy atom. The van der Waals surface area contributed by atoms with Crippen molar-refractivity contribution in [3.8, 4) is 0 Å². The van der Waals surface area contributed by atoms with Crippen LogP contribution in [0.15, 0.2) is 48.5 Å². The summed E-state index contributed by atoms with van der Waals surface area (Å²) in [6.07, 6.45) is 1.84. The number of sulfonamides is 1. The van der Waals surface area contributed by atoms with Crippen molar-refractivity contribution in [3.63, 3.8) is 0 Å². The van der Waals surface area contributed by atoms with E-state index < -0.39 is 21.6 Å². The Bertz CT molecular complexity index is 1170. The fraction of sp³-hybridized carbons (Fsp3) is 0.462. The Labute approximate surface area is 224 Å². The van der Waals surface area contributed by atoms with Gasteiger partial charge in [0.25, 0.3) is 0 Å². The number of amides is 2. The Morgan fingerprint density at radius 2 is 1.72 bits per heavy atom. The van der Waals surface area contributed by atoms with Crippen LogP contribution in [0, 0.1) is 0 Å². The fourth-order valence-electron chi connectivity index (χ4n) is 3.82. The van der Waals surface area contributed by atoms with E-state index in [-0.39, 0.29) is 37.7 Å². The zero-order chi connectivity index (χ0) is 27.1. The highest BCUT2D eigenvalue weighted by molar-refractivity contribution is 7.92. The van der Waals surface area contributed by atoms with Crippen LogP contribution >= 0.6 is 23.2 Å². The lowest BCUT2D eigenvalue weighted by atomic mass is 10.0. The van der Waals surface area contributed by atoms with Gasteiger partial charge in [0.1, 0.15) is 6.04 Å². The quantitative estimate of drug-likeness (QED) is 0.409. The molecule has 7 nitrogen and oxygen atoms in total. The third-order valence-electron chi connectivity index (χ3n) is 5.43. The summed E-state index contributed by atoms with van der Waals surface area (Å²) >= 11 is 12.4. The first-order valence-electron chi connectivity index (χ1n) is 11.8. The van der Waals surface area contributed by atoms with Crippen molar-refractivity contribution in [2.45, 2.75) is 65.1 Å². The van der Waals surface area contributed by atoms with Crippen molar-refractivity contribution in [2.24, 2.45) is 0 Å². The van der Waals surface area contributed by atoms with Crippen molar-refractivity contribution < 1.29 is 18.0 Å². The third kappa shape index (κ3) is 8.98. The Morgan fingerprint density at radius 3 is 2.28 bits per heavy atom. The van der Waals surface area contributed by atoms with Gasteiger partial charge < -0.3 is 10.2 Å². The molecule has 0 aliphatic rings. The number of anilines is 1. The summed E-state index contributed by atoms with van der Waals surface area (Å²) < 4.78 is 26.1. The van der Waals surface area contributed by atoms with Crippen molar-refractivity contribution in [1.82, 2.24) is 10.2 Å². The second kappa shape index (κ2) is 12.8. The molecule has 0 heterocycles. The summed E-state index contributed by atoms with van der Waals surface area (Å²) in [7, 11) is -3.59. The van der Waals surface area contributed by atoms with Gasteiger partial charge in [-0.05, 0) is 63.4 Å². The van der Waals surface area contributed by atoms with Crippen molar-refractivity contribution in [1.29, 1.82) is 0 Å². The monoisotopic (exact) mass is 555 g/mol. The summed E-state index contributed by atoms with van der Waals surface area (Å²) in [5.41, 5.74) is 0.698. The molecule has 36 heavy (non-hydrogen) atoms. The first kappa shape index (κ1) is 29.9. The summed E-state index contributed by atoms with van der Waals surface area (Å²) in [6, 6.07) is 13.0. The summed E-state index contributed by atoms with van der Waals surface area (Å²) in [6.45, 7) is 7.76. The second-order valence-electron chi connectivity index (χ2n) is 9.69. The number of nitrogens with zero attached hydrogens (tertiary/aromatic N) is 2. The Balaban J connectivity index is 2.25. The molecular formula is C26H35Cl2N3O4S. The third-order valence-corrected chi connectivity index (χ3v) is 7.23. The predicted molar refractivity (Wildman–Crippen MR) is 147 cm³/mol. The first-order valence-corrected chi connectivity index (χ1v) is 14.4. The lowest BCUT2D eigenvalue weighted by Gasteiger charge is -2.33. The number of hydrogen-bond donors (Lipinski definition) is 1. The normalized spacial score (nSPS) is 12.6. The van der Waals surface area contributed by atoms with Crippen molar-refractivity contribution >= 4 is 50.7 Å². The average molecular weight is 557 g/mol. The van der Waals surface area contributed by atoms with E-state index in [0.29, 0.717) is 22.2 Å². The van der Waals surface area contributed by atoms with E-state index in [0.717, 1.165) is 11.8 Å². The zero-order valence-electron chi connectivity index (χ0n) is 21.4. The van der Waals surface area contributed by atoms with Gasteiger partial charge in [-0.1, -0.05) is 54.4 Å². The van der Waals surface area contributed by atoms with Crippen molar-refractivity contribution in [2.75, 3.05) is 17.1 Å². The standard InChI is InChI=1S/C26H35Cl2N3O4S/c1-6-23(25(33)29-26(2,3)4)30(18-19-11-7-8-14-22(19)28)24(32)15-10-16-31(36(5,34)35)21-13-9-12-20(27)17-21/h7-9,11-14,17,23H,6,10,15-16,18H2,1-5H3,(H,29,33)/t23-/m0/s1. The van der Waals surface area contributed by atoms with Gasteiger partial charge in [-0.3, -0.25) is 13.9 Å². The van der Waals surface area contributed by atoms with Crippen LogP contribution < -0.4 is 9.62 Å². The van der Waals surface area contributed by atoms with Gasteiger partial charge in [-0.25, -0.2) is 8.42 Å². The van der Waals surface area contributed by atoms with Gasteiger partial charge >= 0.3 is 0 Å². The summed E-state index contributed by atoms with van der Waals surface area (Å²) in [5, 5.41) is 3.88. The number of benzene rings is 2. The maximum absolute atomic E-state index is 13.5. The minimum absolute atomic E-state index is 0.0519. The van der Waals surface area contributed by atoms with Gasteiger partial charge in [-0.2, -0.15) is 0 Å². The predicted octanol–water partition coefficient (Wildman–Crippen LogP) is 5.26. The van der Waals surface area contributed by atoms with E-state index in [4.69, 9.17) is 23.2 Å². The number of carbonyl (C=O) groups excluding carboxylic acids is 2. The molecule has 2 rings (SSSR count). The molecule has 0 saturated carbocycles. The SMILES string of the molecule is CC[C@@H](C(=O)NC(C)(C)C)N(Cc1ccccc1Cl)C(=O)CCCN(c1cccc(Cl)c1)S(C)(=O)=O. The van der Waals surface area contributed by atoms with E-state index in [9.17, 15) is 18.0 Å². The maximum Gasteiger partial charge on any atom is 0.243 e. The van der Waals surface area contributed by atoms with E-state index >= 15 is 0 Å². The van der Waals surface area contributed by atoms with Gasteiger partial charge in [0.2, 0.25) is 21.8 Å². The average Bonchev–Trinajstić information content (AvgIpc) is 2.75. The van der Waals surface area contributed by atoms with Crippen LogP contribution in [0.2, 0.25) is 10.0 Å². The molecule has 10 heteroatoms. The molecule has 198 valence electrons. The molecule has 0 saturated heterocycles. The zero-order valence-corrected chi connectivity index (χ0v) is 23.8. The van der Waals surface area contributed by atoms with Crippen LogP contribution in [0.4, 0.5) is 5.69 Å². The van der Waals surface area contributed by atoms with E-state index in [1.54, 1.807) is 36.4 Å². The molecule has 2 amide bonds. The van der Waals surface area contributed by atoms with E-state index in [1.807, 2.05) is 39.8 Å². The molecule has 2 aromatic carbocycles. The van der Waals surface area contributed by atoms with Gasteiger partial charge in [0.05, 0.1) is 11.9 Å². The van der Waals surface area contributed by atoms with Crippen LogP contribution in [0.1, 0.15) is 52.5 Å². The van der Waals surface area contributed by atoms with E-state index in [1.165, 1.54) is 9.21 Å². The second-order valence-corrected chi connectivity index (χ2v) is 12.4. The Hall–Kier alpha value is -2.29. The fourth-order valence-corrected chi connectivity index (χ4v) is 5.15. The molecular weight excluding hydrogens is 521 g/mol. The maximum atomic E-state index is 13.5. The minimum atomic E-state index is -3.59. The highest BCUT2D eigenvalue weighted by Gasteiger charge is 2.31. The van der Waals surface area contributed by atoms with Crippen LogP contribution in [-0.2, 0) is 26.2 Å². The summed E-state index contributed by atoms with van der Waals surface area (Å²) in [5.74, 6) is -0.507. The molecule has 1 N–H and O–H groups in total. The van der Waals surface area contributed by atoms with Gasteiger partial charge in [0.15, 0.2) is 0 Å². The number of hydrogen-bond acceptors (Lipinski definition) is 4. The Kier molecular flexibility index (Phi) is 10.6. The molecule has 0 spiro atoms. The number of carbonyl (C=O) groups is 2. The molecule has 0 aliphatic carbocycles. The number of rotatable bonds is 11. The van der Waals surface area contributed by atoms with Crippen LogP contribution in [0.25, 0.3) is 0 Å². The largest absolute Gasteiger partial charge is 0.350 e. The molecule has 0 unspecified atom stereocenters. The van der Waals surface area contributed by atoms with Gasteiger partial charge in [0, 0.05) is 35.1 Å². The highest BCUT2D eigenvalue weighted by atomic mass is 35.5. The molecule has 1 atom stereocenters. The molecule has 0 aliphatic heterocycles. The minimum Gasteiger partial charge on any atom is -0.350 e. The lowest BCUT2D eigenvalue weighted by molar-refractivity contribution is -0.142. The van der Waals surface area contributed by atoms with Crippen LogP contribution in [0.5, 0.6) is 0 Å². The molecule has 0 aromatic heterocycles. The smallest absolute Gasteiger partial charge is 0.243 e. The molecule has 2 aromatic rings. The van der Waals surface area contributed by atoms with E-state index in [2.05, 4.69) is 5.32 Å². The number of nitrogens with one attached hydrogen (secondary N) is 1. The molecule has 0 radical (unpaired) electrons. The summed E-state index contributed by atoms with van der Waals surface area (Å²) in [4.78, 5) is 28.1. The van der Waals surface area contributed by atoms with Crippen molar-refractivity contribution in [3.05, 3.63) is 64.1 Å². The number of halogens is 2. The molecule has 0 bridgehead atoms. The first-order chi connectivity index (χ1) is 16.7. The van der Waals surface area contributed by atoms with Gasteiger partial charge in [-0.15, -0.1) is 0 Å². The topological polar surface area (TPSA) is 86.8 Å². The molecule has 0 fully saturated rings. The van der Waals surface area contributed by atoms with Crippen LogP contribution in [0.3, 0.4) is 0 Å². The van der Waals surface area contributed by atoms with Crippen LogP contribution in [-0.4, -0.2) is 49.5 Å². The highest BCUT2D eigenvalue weighted by Crippen LogP contribution is 2.24.